The minimum atomic E-state index is -1.83. The fraction of sp³-hybridized carbons (Fsp3) is 0.409. The molecule has 2 heterocycles. The molecule has 0 saturated heterocycles. The van der Waals surface area contributed by atoms with E-state index in [1.807, 2.05) is 18.2 Å². The number of fused-ring (bicyclic) bond motifs is 1. The third-order valence-electron chi connectivity index (χ3n) is 5.22. The second kappa shape index (κ2) is 11.0. The summed E-state index contributed by atoms with van der Waals surface area (Å²) in [5.74, 6) is 2.42. The molecule has 0 spiro atoms. The lowest BCUT2D eigenvalue weighted by molar-refractivity contribution is 0.137. The van der Waals surface area contributed by atoms with Crippen LogP contribution in [0.1, 0.15) is 61.2 Å². The van der Waals surface area contributed by atoms with Crippen LogP contribution >= 0.6 is 34.5 Å². The molecule has 0 bridgehead atoms. The molecule has 1 saturated carbocycles. The molecule has 0 radical (unpaired) electrons. The van der Waals surface area contributed by atoms with Gasteiger partial charge in [0.1, 0.15) is 16.5 Å². The summed E-state index contributed by atoms with van der Waals surface area (Å²) in [5, 5.41) is 19.7. The number of hydrogen-bond donors (Lipinski definition) is 3. The molecule has 166 valence electrons. The maximum Gasteiger partial charge on any atom is 0.503 e. The zero-order valence-corrected chi connectivity index (χ0v) is 19.5. The molecule has 1 aliphatic carbocycles. The Morgan fingerprint density at radius 1 is 1.13 bits per heavy atom. The summed E-state index contributed by atoms with van der Waals surface area (Å²) in [6.07, 6.45) is 5.48. The van der Waals surface area contributed by atoms with Crippen molar-refractivity contribution in [3.8, 4) is 0 Å². The molecule has 0 atom stereocenters. The fourth-order valence-corrected chi connectivity index (χ4v) is 4.97. The average Bonchev–Trinajstić information content (AvgIpc) is 3.18. The van der Waals surface area contributed by atoms with E-state index in [9.17, 15) is 0 Å². The molecule has 6 nitrogen and oxygen atoms in total. The lowest BCUT2D eigenvalue weighted by Gasteiger charge is -2.21. The number of hydrogen-bond acceptors (Lipinski definition) is 5. The maximum atomic E-state index is 8.56. The predicted octanol–water partition coefficient (Wildman–Crippen LogP) is 7.44. The molecule has 31 heavy (non-hydrogen) atoms. The van der Waals surface area contributed by atoms with Crippen molar-refractivity contribution in [2.24, 2.45) is 0 Å². The van der Waals surface area contributed by atoms with E-state index in [2.05, 4.69) is 18.3 Å². The van der Waals surface area contributed by atoms with Gasteiger partial charge >= 0.3 is 6.16 Å². The third-order valence-corrected chi connectivity index (χ3v) is 7.14. The number of benzene rings is 1. The maximum absolute atomic E-state index is 8.56. The van der Waals surface area contributed by atoms with Gasteiger partial charge in [-0.15, -0.1) is 11.3 Å². The Hall–Kier alpha value is -2.09. The average molecular weight is 482 g/mol. The summed E-state index contributed by atoms with van der Waals surface area (Å²) in [4.78, 5) is 20.9. The summed E-state index contributed by atoms with van der Waals surface area (Å²) in [6, 6.07) is 7.96. The van der Waals surface area contributed by atoms with Crippen LogP contribution in [-0.4, -0.2) is 26.3 Å². The number of aromatic nitrogens is 2. The van der Waals surface area contributed by atoms with Crippen LogP contribution in [0.25, 0.3) is 10.2 Å². The first kappa shape index (κ1) is 23.6. The predicted molar refractivity (Wildman–Crippen MR) is 127 cm³/mol. The van der Waals surface area contributed by atoms with E-state index in [-0.39, 0.29) is 0 Å². The van der Waals surface area contributed by atoms with Gasteiger partial charge in [-0.05, 0) is 43.0 Å². The van der Waals surface area contributed by atoms with Crippen LogP contribution in [0.3, 0.4) is 0 Å². The number of nitrogens with one attached hydrogen (secondary N) is 1. The van der Waals surface area contributed by atoms with Gasteiger partial charge in [0.05, 0.1) is 15.4 Å². The zero-order valence-electron chi connectivity index (χ0n) is 17.2. The number of nitrogens with zero attached hydrogens (tertiary/aromatic N) is 2. The first-order chi connectivity index (χ1) is 14.9. The number of thiophene rings is 1. The minimum Gasteiger partial charge on any atom is -0.450 e. The lowest BCUT2D eigenvalue weighted by Crippen LogP contribution is -2.11. The van der Waals surface area contributed by atoms with Crippen molar-refractivity contribution in [2.75, 3.05) is 5.32 Å². The first-order valence-electron chi connectivity index (χ1n) is 10.3. The van der Waals surface area contributed by atoms with Crippen LogP contribution in [0.5, 0.6) is 0 Å². The van der Waals surface area contributed by atoms with Crippen molar-refractivity contribution in [2.45, 2.75) is 57.9 Å². The smallest absolute Gasteiger partial charge is 0.450 e. The summed E-state index contributed by atoms with van der Waals surface area (Å²) in [5.41, 5.74) is 1.08. The van der Waals surface area contributed by atoms with Gasteiger partial charge in [-0.25, -0.2) is 14.8 Å². The Bertz CT molecular complexity index is 1050. The van der Waals surface area contributed by atoms with Gasteiger partial charge in [-0.3, -0.25) is 0 Å². The van der Waals surface area contributed by atoms with Crippen molar-refractivity contribution in [3.05, 3.63) is 50.6 Å². The summed E-state index contributed by atoms with van der Waals surface area (Å²) < 4.78 is 0. The highest BCUT2D eigenvalue weighted by Crippen LogP contribution is 2.35. The van der Waals surface area contributed by atoms with Crippen molar-refractivity contribution in [1.29, 1.82) is 0 Å². The van der Waals surface area contributed by atoms with E-state index < -0.39 is 6.16 Å². The number of aryl methyl sites for hydroxylation is 1. The highest BCUT2D eigenvalue weighted by molar-refractivity contribution is 7.18. The Labute approximate surface area is 195 Å². The standard InChI is InChI=1S/C21H23Cl2N3S.CH2O3/c1-2-15-11-16-20(24-12-13-8-9-17(22)18(23)10-13)25-19(26-21(16)27-15)14-6-4-3-5-7-14;2-1(3)4/h8-11,14H,2-7,12H2,1H3,(H,24,25,26);(H2,2,3,4). The Balaban J connectivity index is 0.000000628. The molecule has 0 unspecified atom stereocenters. The van der Waals surface area contributed by atoms with Crippen LogP contribution in [0.4, 0.5) is 10.6 Å². The van der Waals surface area contributed by atoms with Gasteiger partial charge in [0.2, 0.25) is 0 Å². The van der Waals surface area contributed by atoms with Crippen molar-refractivity contribution in [3.63, 3.8) is 0 Å². The zero-order chi connectivity index (χ0) is 22.4. The van der Waals surface area contributed by atoms with Crippen LogP contribution in [0, 0.1) is 0 Å². The van der Waals surface area contributed by atoms with E-state index in [1.54, 1.807) is 11.3 Å². The highest BCUT2D eigenvalue weighted by atomic mass is 35.5. The molecular weight excluding hydrogens is 457 g/mol. The number of carboxylic acid groups (broad SMARTS) is 2. The van der Waals surface area contributed by atoms with Gasteiger partial charge in [0, 0.05) is 17.3 Å². The first-order valence-corrected chi connectivity index (χ1v) is 11.8. The van der Waals surface area contributed by atoms with Crippen molar-refractivity contribution < 1.29 is 15.0 Å². The Morgan fingerprint density at radius 3 is 2.48 bits per heavy atom. The van der Waals surface area contributed by atoms with Crippen LogP contribution in [0.15, 0.2) is 24.3 Å². The molecule has 1 fully saturated rings. The van der Waals surface area contributed by atoms with E-state index in [4.69, 9.17) is 48.2 Å². The van der Waals surface area contributed by atoms with E-state index >= 15 is 0 Å². The largest absolute Gasteiger partial charge is 0.503 e. The number of halogens is 2. The van der Waals surface area contributed by atoms with Gasteiger partial charge in [0.15, 0.2) is 0 Å². The monoisotopic (exact) mass is 481 g/mol. The second-order valence-electron chi connectivity index (χ2n) is 7.44. The normalized spacial score (nSPS) is 14.2. The summed E-state index contributed by atoms with van der Waals surface area (Å²) >= 11 is 14.0. The minimum absolute atomic E-state index is 0.487. The molecule has 1 aliphatic rings. The fourth-order valence-electron chi connectivity index (χ4n) is 3.68. The Morgan fingerprint density at radius 2 is 1.84 bits per heavy atom. The molecule has 4 rings (SSSR count). The van der Waals surface area contributed by atoms with Crippen LogP contribution < -0.4 is 5.32 Å². The van der Waals surface area contributed by atoms with Gasteiger partial charge in [-0.1, -0.05) is 55.5 Å². The molecule has 9 heteroatoms. The molecule has 0 aliphatic heterocycles. The number of carbonyl (C=O) groups is 1. The second-order valence-corrected chi connectivity index (χ2v) is 9.36. The molecule has 3 N–H and O–H groups in total. The van der Waals surface area contributed by atoms with Crippen molar-refractivity contribution in [1.82, 2.24) is 9.97 Å². The molecule has 3 aromatic rings. The summed E-state index contributed by atoms with van der Waals surface area (Å²) in [7, 11) is 0. The SMILES string of the molecule is CCc1cc2c(NCc3ccc(Cl)c(Cl)c3)nc(C3CCCCC3)nc2s1.O=C(O)O. The van der Waals surface area contributed by atoms with Gasteiger partial charge in [-0.2, -0.15) is 0 Å². The van der Waals surface area contributed by atoms with Crippen LogP contribution in [0.2, 0.25) is 10.0 Å². The van der Waals surface area contributed by atoms with Gasteiger partial charge < -0.3 is 15.5 Å². The topological polar surface area (TPSA) is 95.3 Å². The number of rotatable bonds is 5. The molecule has 1 aromatic carbocycles. The highest BCUT2D eigenvalue weighted by Gasteiger charge is 2.21. The van der Waals surface area contributed by atoms with E-state index in [0.29, 0.717) is 22.5 Å². The van der Waals surface area contributed by atoms with Crippen molar-refractivity contribution >= 4 is 56.7 Å². The lowest BCUT2D eigenvalue weighted by atomic mass is 9.88. The molecule has 0 amide bonds. The van der Waals surface area contributed by atoms with E-state index in [0.717, 1.165) is 33.8 Å². The quantitative estimate of drug-likeness (QED) is 0.350. The number of anilines is 1. The summed E-state index contributed by atoms with van der Waals surface area (Å²) in [6.45, 7) is 2.84. The van der Waals surface area contributed by atoms with E-state index in [1.165, 1.54) is 37.0 Å². The molecule has 2 aromatic heterocycles. The van der Waals surface area contributed by atoms with Gasteiger partial charge in [0.25, 0.3) is 0 Å². The Kier molecular flexibility index (Phi) is 8.35. The molecular formula is C22H25Cl2N3O3S. The third kappa shape index (κ3) is 6.45. The van der Waals surface area contributed by atoms with Crippen LogP contribution in [-0.2, 0) is 13.0 Å².